The fourth-order valence-electron chi connectivity index (χ4n) is 2.28. The summed E-state index contributed by atoms with van der Waals surface area (Å²) in [7, 11) is 1.71. The number of rotatable bonds is 7. The van der Waals surface area contributed by atoms with Crippen molar-refractivity contribution in [1.29, 1.82) is 0 Å². The van der Waals surface area contributed by atoms with Gasteiger partial charge in [0.15, 0.2) is 5.11 Å². The molecular weight excluding hydrogens is 304 g/mol. The quantitative estimate of drug-likeness (QED) is 0.774. The molecule has 0 aliphatic carbocycles. The van der Waals surface area contributed by atoms with E-state index >= 15 is 0 Å². The molecule has 0 atom stereocenters. The average molecular weight is 328 g/mol. The first-order valence-electron chi connectivity index (χ1n) is 7.90. The largest absolute Gasteiger partial charge is 0.383 e. The molecule has 0 fully saturated rings. The van der Waals surface area contributed by atoms with Crippen LogP contribution in [0.2, 0.25) is 0 Å². The number of methoxy groups -OCH3 is 1. The summed E-state index contributed by atoms with van der Waals surface area (Å²) in [6, 6.07) is 18.7. The lowest BCUT2D eigenvalue weighted by molar-refractivity contribution is 0.175. The second-order valence-electron chi connectivity index (χ2n) is 5.38. The van der Waals surface area contributed by atoms with E-state index in [0.29, 0.717) is 6.61 Å². The molecule has 0 unspecified atom stereocenters. The lowest BCUT2D eigenvalue weighted by Crippen LogP contribution is -2.36. The van der Waals surface area contributed by atoms with E-state index in [0.717, 1.165) is 30.3 Å². The van der Waals surface area contributed by atoms with Gasteiger partial charge in [-0.25, -0.2) is 0 Å². The van der Waals surface area contributed by atoms with Crippen LogP contribution in [0.25, 0.3) is 0 Å². The summed E-state index contributed by atoms with van der Waals surface area (Å²) < 4.78 is 5.21. The first-order chi connectivity index (χ1) is 11.2. The Morgan fingerprint density at radius 1 is 1.04 bits per heavy atom. The van der Waals surface area contributed by atoms with Crippen LogP contribution in [0.5, 0.6) is 0 Å². The summed E-state index contributed by atoms with van der Waals surface area (Å²) in [4.78, 5) is 2.13. The molecule has 0 spiro atoms. The van der Waals surface area contributed by atoms with Crippen LogP contribution in [0, 0.1) is 0 Å². The van der Waals surface area contributed by atoms with Gasteiger partial charge in [-0.05, 0) is 41.9 Å². The van der Waals surface area contributed by atoms with E-state index in [1.54, 1.807) is 7.11 Å². The average Bonchev–Trinajstić information content (AvgIpc) is 2.60. The van der Waals surface area contributed by atoms with Crippen LogP contribution < -0.4 is 5.32 Å². The van der Waals surface area contributed by atoms with Crippen LogP contribution in [0.4, 0.5) is 5.69 Å². The molecule has 2 aromatic rings. The Morgan fingerprint density at radius 2 is 1.74 bits per heavy atom. The van der Waals surface area contributed by atoms with E-state index in [1.165, 1.54) is 11.1 Å². The van der Waals surface area contributed by atoms with Gasteiger partial charge in [0.05, 0.1) is 6.61 Å². The fraction of sp³-hybridized carbons (Fsp3) is 0.316. The zero-order valence-corrected chi connectivity index (χ0v) is 14.6. The van der Waals surface area contributed by atoms with Gasteiger partial charge in [-0.2, -0.15) is 0 Å². The van der Waals surface area contributed by atoms with Crippen molar-refractivity contribution in [2.45, 2.75) is 19.9 Å². The molecule has 0 saturated heterocycles. The Hall–Kier alpha value is -1.91. The highest BCUT2D eigenvalue weighted by Crippen LogP contribution is 2.12. The molecule has 0 amide bonds. The maximum atomic E-state index is 5.59. The fourth-order valence-corrected chi connectivity index (χ4v) is 2.56. The number of nitrogens with zero attached hydrogens (tertiary/aromatic N) is 1. The maximum Gasteiger partial charge on any atom is 0.173 e. The third-order valence-corrected chi connectivity index (χ3v) is 4.04. The normalized spacial score (nSPS) is 10.3. The third-order valence-electron chi connectivity index (χ3n) is 3.68. The molecular formula is C19H24N2OS. The Labute approximate surface area is 144 Å². The van der Waals surface area contributed by atoms with Crippen molar-refractivity contribution in [2.75, 3.05) is 25.6 Å². The van der Waals surface area contributed by atoms with E-state index in [1.807, 2.05) is 18.2 Å². The number of ether oxygens (including phenoxy) is 1. The number of hydrogen-bond donors (Lipinski definition) is 1. The van der Waals surface area contributed by atoms with Crippen molar-refractivity contribution in [3.05, 3.63) is 65.7 Å². The van der Waals surface area contributed by atoms with Crippen LogP contribution in [0.1, 0.15) is 18.1 Å². The molecule has 3 nitrogen and oxygen atoms in total. The molecule has 4 heteroatoms. The molecule has 0 aliphatic heterocycles. The predicted octanol–water partition coefficient (Wildman–Crippen LogP) is 4.09. The van der Waals surface area contributed by atoms with Gasteiger partial charge in [0, 0.05) is 25.9 Å². The van der Waals surface area contributed by atoms with Crippen LogP contribution in [0.3, 0.4) is 0 Å². The zero-order valence-electron chi connectivity index (χ0n) is 13.8. The summed E-state index contributed by atoms with van der Waals surface area (Å²) in [5, 5.41) is 4.04. The monoisotopic (exact) mass is 328 g/mol. The third kappa shape index (κ3) is 5.66. The van der Waals surface area contributed by atoms with Gasteiger partial charge in [-0.3, -0.25) is 0 Å². The summed E-state index contributed by atoms with van der Waals surface area (Å²) >= 11 is 5.59. The minimum atomic E-state index is 0.642. The Morgan fingerprint density at radius 3 is 2.35 bits per heavy atom. The summed E-state index contributed by atoms with van der Waals surface area (Å²) in [6.07, 6.45) is 1.04. The molecule has 0 radical (unpaired) electrons. The Kier molecular flexibility index (Phi) is 7.04. The van der Waals surface area contributed by atoms with Gasteiger partial charge in [0.25, 0.3) is 0 Å². The molecule has 1 N–H and O–H groups in total. The molecule has 23 heavy (non-hydrogen) atoms. The molecule has 0 aliphatic rings. The summed E-state index contributed by atoms with van der Waals surface area (Å²) in [5.74, 6) is 0. The van der Waals surface area contributed by atoms with Crippen LogP contribution in [0.15, 0.2) is 54.6 Å². The van der Waals surface area contributed by atoms with E-state index in [-0.39, 0.29) is 0 Å². The van der Waals surface area contributed by atoms with Crippen molar-refractivity contribution in [3.63, 3.8) is 0 Å². The minimum absolute atomic E-state index is 0.642. The zero-order chi connectivity index (χ0) is 16.5. The summed E-state index contributed by atoms with van der Waals surface area (Å²) in [6.45, 7) is 4.32. The van der Waals surface area contributed by atoms with Crippen molar-refractivity contribution >= 4 is 23.0 Å². The Balaban J connectivity index is 2.02. The van der Waals surface area contributed by atoms with E-state index in [9.17, 15) is 0 Å². The SMILES string of the molecule is CCc1ccc(NC(=S)N(CCOC)Cc2ccccc2)cc1. The Bertz CT molecular complexity index is 599. The van der Waals surface area contributed by atoms with Crippen LogP contribution in [-0.2, 0) is 17.7 Å². The topological polar surface area (TPSA) is 24.5 Å². The second-order valence-corrected chi connectivity index (χ2v) is 5.77. The summed E-state index contributed by atoms with van der Waals surface area (Å²) in [5.41, 5.74) is 3.57. The molecule has 2 aromatic carbocycles. The van der Waals surface area contributed by atoms with Gasteiger partial charge in [-0.1, -0.05) is 49.4 Å². The second kappa shape index (κ2) is 9.28. The molecule has 0 bridgehead atoms. The van der Waals surface area contributed by atoms with Gasteiger partial charge >= 0.3 is 0 Å². The van der Waals surface area contributed by atoms with Gasteiger partial charge in [0.2, 0.25) is 0 Å². The van der Waals surface area contributed by atoms with Crippen molar-refractivity contribution in [2.24, 2.45) is 0 Å². The molecule has 0 aromatic heterocycles. The lowest BCUT2D eigenvalue weighted by atomic mass is 10.1. The van der Waals surface area contributed by atoms with E-state index in [2.05, 4.69) is 53.5 Å². The standard InChI is InChI=1S/C19H24N2OS/c1-3-16-9-11-18(12-10-16)20-19(23)21(13-14-22-2)15-17-7-5-4-6-8-17/h4-12H,3,13-15H2,1-2H3,(H,20,23). The highest BCUT2D eigenvalue weighted by molar-refractivity contribution is 7.80. The number of hydrogen-bond acceptors (Lipinski definition) is 2. The number of anilines is 1. The molecule has 122 valence electrons. The van der Waals surface area contributed by atoms with Gasteiger partial charge < -0.3 is 15.0 Å². The number of nitrogens with one attached hydrogen (secondary N) is 1. The molecule has 2 rings (SSSR count). The first kappa shape index (κ1) is 17.4. The number of benzene rings is 2. The van der Waals surface area contributed by atoms with Crippen LogP contribution in [-0.4, -0.2) is 30.3 Å². The van der Waals surface area contributed by atoms with E-state index < -0.39 is 0 Å². The van der Waals surface area contributed by atoms with Crippen molar-refractivity contribution in [1.82, 2.24) is 4.90 Å². The highest BCUT2D eigenvalue weighted by atomic mass is 32.1. The maximum absolute atomic E-state index is 5.59. The van der Waals surface area contributed by atoms with E-state index in [4.69, 9.17) is 17.0 Å². The minimum Gasteiger partial charge on any atom is -0.383 e. The number of thiocarbonyl (C=S) groups is 1. The van der Waals surface area contributed by atoms with Crippen molar-refractivity contribution in [3.8, 4) is 0 Å². The predicted molar refractivity (Wildman–Crippen MR) is 101 cm³/mol. The van der Waals surface area contributed by atoms with Gasteiger partial charge in [0.1, 0.15) is 0 Å². The van der Waals surface area contributed by atoms with Crippen molar-refractivity contribution < 1.29 is 4.74 Å². The highest BCUT2D eigenvalue weighted by Gasteiger charge is 2.10. The first-order valence-corrected chi connectivity index (χ1v) is 8.31. The number of aryl methyl sites for hydroxylation is 1. The molecule has 0 heterocycles. The van der Waals surface area contributed by atoms with Crippen LogP contribution >= 0.6 is 12.2 Å². The lowest BCUT2D eigenvalue weighted by Gasteiger charge is -2.26. The molecule has 0 saturated carbocycles. The van der Waals surface area contributed by atoms with Gasteiger partial charge in [-0.15, -0.1) is 0 Å². The smallest absolute Gasteiger partial charge is 0.173 e.